The minimum absolute atomic E-state index is 0.285. The van der Waals surface area contributed by atoms with Gasteiger partial charge < -0.3 is 11.5 Å². The van der Waals surface area contributed by atoms with Crippen molar-refractivity contribution in [3.8, 4) is 22.9 Å². The maximum absolute atomic E-state index is 14.3. The van der Waals surface area contributed by atoms with Crippen LogP contribution in [0, 0.1) is 0 Å². The number of nitrogens with two attached hydrogens (primary N) is 2. The van der Waals surface area contributed by atoms with E-state index in [4.69, 9.17) is 21.4 Å². The molecule has 0 radical (unpaired) electrons. The van der Waals surface area contributed by atoms with E-state index < -0.39 is 12.2 Å². The zero-order chi connectivity index (χ0) is 21.8. The number of aromatic nitrogens is 6. The first-order chi connectivity index (χ1) is 15.6. The number of hydrogen-bond acceptors (Lipinski definition) is 6. The first kappa shape index (κ1) is 18.6. The van der Waals surface area contributed by atoms with E-state index in [1.165, 1.54) is 0 Å². The second-order valence-corrected chi connectivity index (χ2v) is 7.80. The van der Waals surface area contributed by atoms with Gasteiger partial charge in [0, 0.05) is 30.7 Å². The number of anilines is 1. The normalized spacial score (nSPS) is 17.7. The highest BCUT2D eigenvalue weighted by Gasteiger charge is 2.30. The molecule has 4 N–H and O–H groups in total. The average molecular weight is 426 g/mol. The number of imidazole rings is 1. The van der Waals surface area contributed by atoms with Gasteiger partial charge in [0.15, 0.2) is 17.3 Å². The highest BCUT2D eigenvalue weighted by Crippen LogP contribution is 2.36. The van der Waals surface area contributed by atoms with Gasteiger partial charge in [-0.1, -0.05) is 6.07 Å². The van der Waals surface area contributed by atoms with Gasteiger partial charge in [-0.2, -0.15) is 5.10 Å². The fourth-order valence-electron chi connectivity index (χ4n) is 4.28. The van der Waals surface area contributed by atoms with E-state index in [1.54, 1.807) is 17.1 Å². The van der Waals surface area contributed by atoms with Gasteiger partial charge in [-0.25, -0.2) is 24.0 Å². The maximum Gasteiger partial charge on any atom is 0.167 e. The van der Waals surface area contributed by atoms with E-state index in [0.29, 0.717) is 34.2 Å². The maximum atomic E-state index is 14.3. The molecule has 6 rings (SSSR count). The number of pyridine rings is 2. The van der Waals surface area contributed by atoms with Crippen molar-refractivity contribution in [3.63, 3.8) is 0 Å². The fraction of sp³-hybridized carbons (Fsp3) is 0.130. The van der Waals surface area contributed by atoms with Gasteiger partial charge in [0.2, 0.25) is 0 Å². The van der Waals surface area contributed by atoms with Crippen molar-refractivity contribution in [1.29, 1.82) is 0 Å². The van der Waals surface area contributed by atoms with Crippen LogP contribution in [0.2, 0.25) is 0 Å². The molecule has 1 aliphatic rings. The molecular formula is C23H19FN8. The van der Waals surface area contributed by atoms with Crippen LogP contribution in [-0.2, 0) is 6.42 Å². The summed E-state index contributed by atoms with van der Waals surface area (Å²) < 4.78 is 17.9. The molecular weight excluding hydrogens is 407 g/mol. The number of nitrogen functional groups attached to an aromatic ring is 1. The summed E-state index contributed by atoms with van der Waals surface area (Å²) >= 11 is 0. The lowest BCUT2D eigenvalue weighted by molar-refractivity contribution is 0.303. The van der Waals surface area contributed by atoms with Gasteiger partial charge in [-0.3, -0.25) is 4.57 Å². The van der Waals surface area contributed by atoms with Crippen molar-refractivity contribution in [3.05, 3.63) is 78.2 Å². The Balaban J connectivity index is 1.63. The van der Waals surface area contributed by atoms with Crippen molar-refractivity contribution < 1.29 is 4.39 Å². The van der Waals surface area contributed by atoms with Crippen molar-refractivity contribution in [1.82, 2.24) is 29.3 Å². The third kappa shape index (κ3) is 2.78. The number of nitrogens with zero attached hydrogens (tertiary/aromatic N) is 6. The van der Waals surface area contributed by atoms with Crippen molar-refractivity contribution >= 4 is 17.0 Å². The highest BCUT2D eigenvalue weighted by atomic mass is 19.1. The summed E-state index contributed by atoms with van der Waals surface area (Å²) in [7, 11) is 0. The van der Waals surface area contributed by atoms with Crippen molar-refractivity contribution in [2.24, 2.45) is 5.73 Å². The molecule has 0 spiro atoms. The van der Waals surface area contributed by atoms with Crippen LogP contribution < -0.4 is 11.5 Å². The predicted octanol–water partition coefficient (Wildman–Crippen LogP) is 3.14. The first-order valence-corrected chi connectivity index (χ1v) is 10.2. The number of rotatable bonds is 3. The highest BCUT2D eigenvalue weighted by molar-refractivity contribution is 5.83. The number of alkyl halides is 1. The number of halogens is 1. The largest absolute Gasteiger partial charge is 0.383 e. The molecule has 2 unspecified atom stereocenters. The van der Waals surface area contributed by atoms with E-state index in [0.717, 1.165) is 16.8 Å². The standard InChI is InChI=1S/C23H19FN8/c24-17-12-13-11-14(4-5-15(13)20(17)25)32-22(16-3-1-8-27-21(16)26)29-18-6-7-19(30-23(18)32)31-10-2-9-28-31/h1-11,17,20H,12,25H2,(H2,26,27). The van der Waals surface area contributed by atoms with Crippen LogP contribution in [0.1, 0.15) is 17.2 Å². The van der Waals surface area contributed by atoms with Crippen molar-refractivity contribution in [2.75, 3.05) is 5.73 Å². The van der Waals surface area contributed by atoms with Gasteiger partial charge in [0.05, 0.1) is 11.6 Å². The third-order valence-electron chi connectivity index (χ3n) is 5.86. The van der Waals surface area contributed by atoms with Gasteiger partial charge in [0.25, 0.3) is 0 Å². The molecule has 2 atom stereocenters. The lowest BCUT2D eigenvalue weighted by atomic mass is 10.1. The van der Waals surface area contributed by atoms with Crippen LogP contribution in [-0.4, -0.2) is 35.5 Å². The molecule has 8 nitrogen and oxygen atoms in total. The minimum atomic E-state index is -1.09. The molecule has 0 saturated heterocycles. The zero-order valence-electron chi connectivity index (χ0n) is 16.9. The van der Waals surface area contributed by atoms with E-state index in [9.17, 15) is 4.39 Å². The van der Waals surface area contributed by atoms with E-state index in [2.05, 4.69) is 10.1 Å². The topological polar surface area (TPSA) is 113 Å². The number of benzene rings is 1. The summed E-state index contributed by atoms with van der Waals surface area (Å²) in [5.41, 5.74) is 16.7. The van der Waals surface area contributed by atoms with Crippen LogP contribution in [0.4, 0.5) is 10.2 Å². The van der Waals surface area contributed by atoms with Crippen LogP contribution in [0.15, 0.2) is 67.1 Å². The Morgan fingerprint density at radius 2 is 1.94 bits per heavy atom. The SMILES string of the molecule is Nc1ncccc1-c1nc2ccc(-n3cccn3)nc2n1-c1ccc2c(c1)CC(F)C2N. The minimum Gasteiger partial charge on any atom is -0.383 e. The second kappa shape index (κ2) is 6.96. The Bertz CT molecular complexity index is 1460. The molecule has 0 aliphatic heterocycles. The van der Waals surface area contributed by atoms with Crippen LogP contribution in [0.3, 0.4) is 0 Å². The molecule has 4 heterocycles. The molecule has 32 heavy (non-hydrogen) atoms. The Morgan fingerprint density at radius 1 is 1.03 bits per heavy atom. The summed E-state index contributed by atoms with van der Waals surface area (Å²) in [4.78, 5) is 13.9. The van der Waals surface area contributed by atoms with Gasteiger partial charge in [0.1, 0.15) is 17.5 Å². The molecule has 1 aliphatic carbocycles. The molecule has 4 aromatic heterocycles. The third-order valence-corrected chi connectivity index (χ3v) is 5.86. The summed E-state index contributed by atoms with van der Waals surface area (Å²) in [5.74, 6) is 1.62. The lowest BCUT2D eigenvalue weighted by Gasteiger charge is -2.13. The van der Waals surface area contributed by atoms with E-state index in [1.807, 2.05) is 59.3 Å². The summed E-state index contributed by atoms with van der Waals surface area (Å²) in [5, 5.41) is 4.28. The fourth-order valence-corrected chi connectivity index (χ4v) is 4.28. The van der Waals surface area contributed by atoms with Crippen LogP contribution in [0.25, 0.3) is 34.1 Å². The molecule has 1 aromatic carbocycles. The summed E-state index contributed by atoms with van der Waals surface area (Å²) in [6.07, 6.45) is 4.36. The number of hydrogen-bond donors (Lipinski definition) is 2. The molecule has 0 bridgehead atoms. The van der Waals surface area contributed by atoms with Gasteiger partial charge >= 0.3 is 0 Å². The Kier molecular flexibility index (Phi) is 4.05. The number of fused-ring (bicyclic) bond motifs is 2. The predicted molar refractivity (Wildman–Crippen MR) is 119 cm³/mol. The van der Waals surface area contributed by atoms with Crippen LogP contribution in [0.5, 0.6) is 0 Å². The zero-order valence-corrected chi connectivity index (χ0v) is 16.9. The molecule has 0 fully saturated rings. The van der Waals surface area contributed by atoms with Crippen molar-refractivity contribution in [2.45, 2.75) is 18.6 Å². The van der Waals surface area contributed by atoms with Gasteiger partial charge in [-0.15, -0.1) is 0 Å². The Morgan fingerprint density at radius 3 is 2.75 bits per heavy atom. The Labute approximate surface area is 182 Å². The second-order valence-electron chi connectivity index (χ2n) is 7.80. The molecule has 5 aromatic rings. The van der Waals surface area contributed by atoms with Gasteiger partial charge in [-0.05, 0) is 53.6 Å². The quantitative estimate of drug-likeness (QED) is 0.458. The van der Waals surface area contributed by atoms with Crippen LogP contribution >= 0.6 is 0 Å². The molecule has 0 saturated carbocycles. The Hall–Kier alpha value is -4.11. The van der Waals surface area contributed by atoms with E-state index >= 15 is 0 Å². The smallest absolute Gasteiger partial charge is 0.167 e. The monoisotopic (exact) mass is 426 g/mol. The first-order valence-electron chi connectivity index (χ1n) is 10.2. The summed E-state index contributed by atoms with van der Waals surface area (Å²) in [6.45, 7) is 0. The molecule has 9 heteroatoms. The average Bonchev–Trinajstić information content (AvgIpc) is 3.52. The molecule has 0 amide bonds. The molecule has 158 valence electrons. The summed E-state index contributed by atoms with van der Waals surface area (Å²) in [6, 6.07) is 14.4. The van der Waals surface area contributed by atoms with E-state index in [-0.39, 0.29) is 6.42 Å². The lowest BCUT2D eigenvalue weighted by Crippen LogP contribution is -2.17.